The molecule has 0 aliphatic carbocycles. The number of likely N-dealkylation sites (tertiary alicyclic amines) is 1. The maximum atomic E-state index is 6.14. The maximum Gasteiger partial charge on any atom is 0.123 e. The van der Waals surface area contributed by atoms with Gasteiger partial charge in [0.1, 0.15) is 11.5 Å². The summed E-state index contributed by atoms with van der Waals surface area (Å²) in [6.07, 6.45) is 3.65. The summed E-state index contributed by atoms with van der Waals surface area (Å²) in [5.41, 5.74) is 7.27. The highest BCUT2D eigenvalue weighted by Crippen LogP contribution is 2.39. The van der Waals surface area contributed by atoms with Crippen LogP contribution in [0.15, 0.2) is 18.2 Å². The molecule has 2 rings (SSSR count). The summed E-state index contributed by atoms with van der Waals surface area (Å²) >= 11 is 0. The molecule has 0 aromatic heterocycles. The number of hydrogen-bond acceptors (Lipinski definition) is 4. The zero-order valence-corrected chi connectivity index (χ0v) is 13.6. The average Bonchev–Trinajstić information content (AvgIpc) is 2.89. The molecule has 0 amide bonds. The van der Waals surface area contributed by atoms with Crippen LogP contribution in [0.3, 0.4) is 0 Å². The molecule has 3 unspecified atom stereocenters. The normalized spacial score (nSPS) is 24.0. The molecule has 1 heterocycles. The maximum absolute atomic E-state index is 6.14. The standard InChI is InChI=1S/C17H28N2O2/c1-5-13-7-6-12(2)19(13)16(11-18)15-10-14(20-3)8-9-17(15)21-4/h8-10,12-13,16H,5-7,11,18H2,1-4H3. The van der Waals surface area contributed by atoms with Gasteiger partial charge in [-0.05, 0) is 44.4 Å². The molecule has 1 aromatic carbocycles. The van der Waals surface area contributed by atoms with Crippen LogP contribution in [0.2, 0.25) is 0 Å². The lowest BCUT2D eigenvalue weighted by Crippen LogP contribution is -2.41. The lowest BCUT2D eigenvalue weighted by molar-refractivity contribution is 0.134. The molecule has 2 N–H and O–H groups in total. The van der Waals surface area contributed by atoms with E-state index in [1.807, 2.05) is 12.1 Å². The largest absolute Gasteiger partial charge is 0.497 e. The highest BCUT2D eigenvalue weighted by molar-refractivity contribution is 5.42. The third-order valence-electron chi connectivity index (χ3n) is 4.70. The van der Waals surface area contributed by atoms with E-state index in [0.29, 0.717) is 18.6 Å². The van der Waals surface area contributed by atoms with Crippen LogP contribution in [0.1, 0.15) is 44.7 Å². The van der Waals surface area contributed by atoms with Gasteiger partial charge in [-0.3, -0.25) is 4.90 Å². The first-order valence-electron chi connectivity index (χ1n) is 7.85. The molecule has 1 aliphatic rings. The van der Waals surface area contributed by atoms with E-state index in [1.165, 1.54) is 12.8 Å². The monoisotopic (exact) mass is 292 g/mol. The van der Waals surface area contributed by atoms with Gasteiger partial charge in [0.05, 0.1) is 20.3 Å². The van der Waals surface area contributed by atoms with E-state index in [4.69, 9.17) is 15.2 Å². The summed E-state index contributed by atoms with van der Waals surface area (Å²) in [6, 6.07) is 7.30. The van der Waals surface area contributed by atoms with Gasteiger partial charge in [-0.1, -0.05) is 6.92 Å². The molecular weight excluding hydrogens is 264 g/mol. The van der Waals surface area contributed by atoms with E-state index < -0.39 is 0 Å². The van der Waals surface area contributed by atoms with Crippen molar-refractivity contribution in [2.45, 2.75) is 51.2 Å². The van der Waals surface area contributed by atoms with Crippen LogP contribution in [0.25, 0.3) is 0 Å². The minimum atomic E-state index is 0.178. The third kappa shape index (κ3) is 3.16. The Hall–Kier alpha value is -1.26. The van der Waals surface area contributed by atoms with Crippen LogP contribution in [-0.2, 0) is 0 Å². The Morgan fingerprint density at radius 1 is 1.29 bits per heavy atom. The Balaban J connectivity index is 2.40. The number of nitrogens with two attached hydrogens (primary N) is 1. The Bertz CT molecular complexity index is 464. The van der Waals surface area contributed by atoms with Crippen molar-refractivity contribution < 1.29 is 9.47 Å². The summed E-state index contributed by atoms with van der Waals surface area (Å²) < 4.78 is 10.9. The number of nitrogens with zero attached hydrogens (tertiary/aromatic N) is 1. The lowest BCUT2D eigenvalue weighted by atomic mass is 10.0. The summed E-state index contributed by atoms with van der Waals surface area (Å²) in [5, 5.41) is 0. The molecule has 3 atom stereocenters. The van der Waals surface area contributed by atoms with Crippen LogP contribution >= 0.6 is 0 Å². The van der Waals surface area contributed by atoms with E-state index >= 15 is 0 Å². The van der Waals surface area contributed by atoms with Crippen LogP contribution in [0.5, 0.6) is 11.5 Å². The molecule has 1 saturated heterocycles. The smallest absolute Gasteiger partial charge is 0.123 e. The van der Waals surface area contributed by atoms with Gasteiger partial charge >= 0.3 is 0 Å². The van der Waals surface area contributed by atoms with Crippen molar-refractivity contribution in [1.82, 2.24) is 4.90 Å². The van der Waals surface area contributed by atoms with Crippen molar-refractivity contribution in [3.63, 3.8) is 0 Å². The average molecular weight is 292 g/mol. The van der Waals surface area contributed by atoms with Crippen molar-refractivity contribution in [1.29, 1.82) is 0 Å². The number of rotatable bonds is 6. The van der Waals surface area contributed by atoms with Gasteiger partial charge in [0.2, 0.25) is 0 Å². The number of methoxy groups -OCH3 is 2. The molecule has 0 saturated carbocycles. The van der Waals surface area contributed by atoms with E-state index in [9.17, 15) is 0 Å². The molecule has 21 heavy (non-hydrogen) atoms. The number of hydrogen-bond donors (Lipinski definition) is 1. The summed E-state index contributed by atoms with van der Waals surface area (Å²) in [7, 11) is 3.40. The Labute approximate surface area is 128 Å². The van der Waals surface area contributed by atoms with Gasteiger partial charge in [0.25, 0.3) is 0 Å². The van der Waals surface area contributed by atoms with Crippen molar-refractivity contribution in [3.8, 4) is 11.5 Å². The predicted octanol–water partition coefficient (Wildman–Crippen LogP) is 2.97. The molecule has 118 valence electrons. The van der Waals surface area contributed by atoms with E-state index in [2.05, 4.69) is 24.8 Å². The fourth-order valence-corrected chi connectivity index (χ4v) is 3.58. The first-order valence-corrected chi connectivity index (χ1v) is 7.85. The Morgan fingerprint density at radius 2 is 2.05 bits per heavy atom. The first-order chi connectivity index (χ1) is 10.2. The first kappa shape index (κ1) is 16.1. The minimum absolute atomic E-state index is 0.178. The van der Waals surface area contributed by atoms with Crippen LogP contribution in [-0.4, -0.2) is 37.7 Å². The molecule has 1 fully saturated rings. The number of benzene rings is 1. The molecule has 0 bridgehead atoms. The van der Waals surface area contributed by atoms with Crippen LogP contribution in [0.4, 0.5) is 0 Å². The molecule has 4 heteroatoms. The fraction of sp³-hybridized carbons (Fsp3) is 0.647. The van der Waals surface area contributed by atoms with Gasteiger partial charge < -0.3 is 15.2 Å². The molecule has 0 spiro atoms. The van der Waals surface area contributed by atoms with Crippen LogP contribution < -0.4 is 15.2 Å². The second kappa shape index (κ2) is 7.14. The summed E-state index contributed by atoms with van der Waals surface area (Å²) in [6.45, 7) is 5.14. The quantitative estimate of drug-likeness (QED) is 0.875. The molecule has 1 aromatic rings. The summed E-state index contributed by atoms with van der Waals surface area (Å²) in [5.74, 6) is 1.74. The van der Waals surface area contributed by atoms with Gasteiger partial charge in [-0.25, -0.2) is 0 Å². The lowest BCUT2D eigenvalue weighted by Gasteiger charge is -2.36. The SMILES string of the molecule is CCC1CCC(C)N1C(CN)c1cc(OC)ccc1OC. The molecule has 0 radical (unpaired) electrons. The van der Waals surface area contributed by atoms with Gasteiger partial charge in [0, 0.05) is 24.2 Å². The highest BCUT2D eigenvalue weighted by atomic mass is 16.5. The zero-order chi connectivity index (χ0) is 15.4. The van der Waals surface area contributed by atoms with Crippen molar-refractivity contribution in [2.75, 3.05) is 20.8 Å². The fourth-order valence-electron chi connectivity index (χ4n) is 3.58. The second-order valence-electron chi connectivity index (χ2n) is 5.80. The van der Waals surface area contributed by atoms with Gasteiger partial charge in [-0.2, -0.15) is 0 Å². The number of ether oxygens (including phenoxy) is 2. The van der Waals surface area contributed by atoms with Crippen LogP contribution in [0, 0.1) is 0 Å². The topological polar surface area (TPSA) is 47.7 Å². The van der Waals surface area contributed by atoms with E-state index in [-0.39, 0.29) is 6.04 Å². The van der Waals surface area contributed by atoms with E-state index in [0.717, 1.165) is 23.5 Å². The van der Waals surface area contributed by atoms with Gasteiger partial charge in [-0.15, -0.1) is 0 Å². The predicted molar refractivity (Wildman–Crippen MR) is 86.0 cm³/mol. The second-order valence-corrected chi connectivity index (χ2v) is 5.80. The zero-order valence-electron chi connectivity index (χ0n) is 13.6. The molecule has 4 nitrogen and oxygen atoms in total. The van der Waals surface area contributed by atoms with E-state index in [1.54, 1.807) is 14.2 Å². The minimum Gasteiger partial charge on any atom is -0.497 e. The van der Waals surface area contributed by atoms with Crippen molar-refractivity contribution in [3.05, 3.63) is 23.8 Å². The molecule has 1 aliphatic heterocycles. The van der Waals surface area contributed by atoms with Crippen molar-refractivity contribution in [2.24, 2.45) is 5.73 Å². The van der Waals surface area contributed by atoms with Gasteiger partial charge in [0.15, 0.2) is 0 Å². The Kier molecular flexibility index (Phi) is 5.48. The Morgan fingerprint density at radius 3 is 2.62 bits per heavy atom. The highest BCUT2D eigenvalue weighted by Gasteiger charge is 2.36. The third-order valence-corrected chi connectivity index (χ3v) is 4.70. The summed E-state index contributed by atoms with van der Waals surface area (Å²) in [4.78, 5) is 2.57. The molecular formula is C17H28N2O2. The van der Waals surface area contributed by atoms with Crippen molar-refractivity contribution >= 4 is 0 Å².